The van der Waals surface area contributed by atoms with Crippen molar-refractivity contribution in [2.24, 2.45) is 0 Å². The highest BCUT2D eigenvalue weighted by Gasteiger charge is 2.33. The summed E-state index contributed by atoms with van der Waals surface area (Å²) in [5, 5.41) is 21.2. The minimum atomic E-state index is -0.924. The van der Waals surface area contributed by atoms with Crippen molar-refractivity contribution < 1.29 is 15.0 Å². The van der Waals surface area contributed by atoms with Gasteiger partial charge in [-0.15, -0.1) is 0 Å². The number of aliphatic hydroxyl groups is 1. The van der Waals surface area contributed by atoms with E-state index in [1.165, 1.54) is 6.08 Å². The Hall–Kier alpha value is -0.870. The van der Waals surface area contributed by atoms with Gasteiger partial charge in [0.1, 0.15) is 0 Å². The number of rotatable bonds is 5. The number of carboxylic acid groups (broad SMARTS) is 1. The monoisotopic (exact) mass is 199 g/mol. The van der Waals surface area contributed by atoms with E-state index in [-0.39, 0.29) is 0 Å². The first-order valence-corrected chi connectivity index (χ1v) is 4.85. The molecule has 0 saturated heterocycles. The molecule has 14 heavy (non-hydrogen) atoms. The molecule has 1 aliphatic rings. The SMILES string of the molecule is CC(=CC(=O)O)CNCC1(O)CCC1. The van der Waals surface area contributed by atoms with Crippen molar-refractivity contribution in [2.45, 2.75) is 31.8 Å². The van der Waals surface area contributed by atoms with E-state index in [9.17, 15) is 9.90 Å². The topological polar surface area (TPSA) is 69.6 Å². The fourth-order valence-electron chi connectivity index (χ4n) is 1.52. The molecule has 0 aliphatic heterocycles. The molecule has 0 aromatic carbocycles. The van der Waals surface area contributed by atoms with Gasteiger partial charge in [0, 0.05) is 19.2 Å². The third-order valence-corrected chi connectivity index (χ3v) is 2.51. The number of hydrogen-bond acceptors (Lipinski definition) is 3. The summed E-state index contributed by atoms with van der Waals surface area (Å²) in [6.07, 6.45) is 3.96. The average molecular weight is 199 g/mol. The van der Waals surface area contributed by atoms with Crippen LogP contribution in [0, 0.1) is 0 Å². The van der Waals surface area contributed by atoms with Crippen LogP contribution in [0.1, 0.15) is 26.2 Å². The lowest BCUT2D eigenvalue weighted by Gasteiger charge is -2.36. The van der Waals surface area contributed by atoms with Crippen LogP contribution >= 0.6 is 0 Å². The summed E-state index contributed by atoms with van der Waals surface area (Å²) in [4.78, 5) is 10.3. The van der Waals surface area contributed by atoms with Gasteiger partial charge in [0.05, 0.1) is 5.60 Å². The van der Waals surface area contributed by atoms with Gasteiger partial charge in [-0.2, -0.15) is 0 Å². The molecule has 1 aliphatic carbocycles. The fourth-order valence-corrected chi connectivity index (χ4v) is 1.52. The summed E-state index contributed by atoms with van der Waals surface area (Å²) in [5.41, 5.74) is 0.226. The van der Waals surface area contributed by atoms with E-state index < -0.39 is 11.6 Å². The molecule has 0 aromatic heterocycles. The van der Waals surface area contributed by atoms with Gasteiger partial charge in [0.2, 0.25) is 0 Å². The van der Waals surface area contributed by atoms with Gasteiger partial charge in [0.15, 0.2) is 0 Å². The summed E-state index contributed by atoms with van der Waals surface area (Å²) in [5.74, 6) is -0.924. The number of hydrogen-bond donors (Lipinski definition) is 3. The molecule has 0 bridgehead atoms. The highest BCUT2D eigenvalue weighted by Crippen LogP contribution is 2.30. The third-order valence-electron chi connectivity index (χ3n) is 2.51. The first kappa shape index (κ1) is 11.2. The summed E-state index contributed by atoms with van der Waals surface area (Å²) < 4.78 is 0. The van der Waals surface area contributed by atoms with Crippen molar-refractivity contribution in [3.8, 4) is 0 Å². The van der Waals surface area contributed by atoms with Gasteiger partial charge in [-0.1, -0.05) is 5.57 Å². The van der Waals surface area contributed by atoms with Gasteiger partial charge in [-0.05, 0) is 26.2 Å². The molecular weight excluding hydrogens is 182 g/mol. The van der Waals surface area contributed by atoms with Crippen LogP contribution in [0.3, 0.4) is 0 Å². The van der Waals surface area contributed by atoms with Crippen LogP contribution in [0.15, 0.2) is 11.6 Å². The average Bonchev–Trinajstić information content (AvgIpc) is 1.99. The lowest BCUT2D eigenvalue weighted by Crippen LogP contribution is -2.46. The van der Waals surface area contributed by atoms with Crippen LogP contribution in [0.25, 0.3) is 0 Å². The predicted octanol–water partition coefficient (Wildman–Crippen LogP) is 0.522. The van der Waals surface area contributed by atoms with Crippen molar-refractivity contribution in [1.82, 2.24) is 5.32 Å². The molecule has 4 nitrogen and oxygen atoms in total. The van der Waals surface area contributed by atoms with E-state index in [4.69, 9.17) is 5.11 Å². The quantitative estimate of drug-likeness (QED) is 0.565. The molecule has 0 unspecified atom stereocenters. The molecule has 80 valence electrons. The lowest BCUT2D eigenvalue weighted by molar-refractivity contribution is -0.131. The third kappa shape index (κ3) is 3.47. The van der Waals surface area contributed by atoms with E-state index in [1.807, 2.05) is 0 Å². The summed E-state index contributed by atoms with van der Waals surface area (Å²) in [6.45, 7) is 2.83. The van der Waals surface area contributed by atoms with E-state index >= 15 is 0 Å². The first-order valence-electron chi connectivity index (χ1n) is 4.85. The molecule has 0 atom stereocenters. The van der Waals surface area contributed by atoms with Crippen molar-refractivity contribution >= 4 is 5.97 Å². The Morgan fingerprint density at radius 1 is 1.57 bits per heavy atom. The molecule has 0 radical (unpaired) electrons. The van der Waals surface area contributed by atoms with E-state index in [0.717, 1.165) is 24.8 Å². The molecular formula is C10H17NO3. The van der Waals surface area contributed by atoms with Gasteiger partial charge in [-0.25, -0.2) is 4.79 Å². The summed E-state index contributed by atoms with van der Waals surface area (Å²) in [6, 6.07) is 0. The number of carboxylic acids is 1. The predicted molar refractivity (Wildman–Crippen MR) is 53.1 cm³/mol. The van der Waals surface area contributed by atoms with Gasteiger partial charge in [0.25, 0.3) is 0 Å². The lowest BCUT2D eigenvalue weighted by atomic mass is 9.80. The molecule has 4 heteroatoms. The second-order valence-electron chi connectivity index (χ2n) is 4.01. The fraction of sp³-hybridized carbons (Fsp3) is 0.700. The first-order chi connectivity index (χ1) is 6.52. The van der Waals surface area contributed by atoms with E-state index in [2.05, 4.69) is 5.32 Å². The van der Waals surface area contributed by atoms with Crippen molar-refractivity contribution in [3.63, 3.8) is 0 Å². The number of aliphatic carboxylic acids is 1. The second kappa shape index (κ2) is 4.57. The van der Waals surface area contributed by atoms with Crippen LogP contribution < -0.4 is 5.32 Å². The zero-order valence-electron chi connectivity index (χ0n) is 8.42. The molecule has 1 fully saturated rings. The Balaban J connectivity index is 2.17. The standard InChI is InChI=1S/C10H17NO3/c1-8(5-9(12)13)6-11-7-10(14)3-2-4-10/h5,11,14H,2-4,6-7H2,1H3,(H,12,13). The Kier molecular flexibility index (Phi) is 3.66. The van der Waals surface area contributed by atoms with Gasteiger partial charge < -0.3 is 15.5 Å². The minimum Gasteiger partial charge on any atom is -0.478 e. The molecule has 0 aromatic rings. The molecule has 0 amide bonds. The van der Waals surface area contributed by atoms with Crippen molar-refractivity contribution in [3.05, 3.63) is 11.6 Å². The van der Waals surface area contributed by atoms with Crippen LogP contribution in [0.2, 0.25) is 0 Å². The minimum absolute atomic E-state index is 0.522. The molecule has 1 saturated carbocycles. The Morgan fingerprint density at radius 3 is 2.64 bits per heavy atom. The Bertz CT molecular complexity index is 244. The van der Waals surface area contributed by atoms with Crippen LogP contribution in [-0.4, -0.2) is 34.9 Å². The number of nitrogens with one attached hydrogen (secondary N) is 1. The number of carbonyl (C=O) groups is 1. The Morgan fingerprint density at radius 2 is 2.21 bits per heavy atom. The van der Waals surface area contributed by atoms with Gasteiger partial charge >= 0.3 is 5.97 Å². The maximum atomic E-state index is 10.3. The van der Waals surface area contributed by atoms with Crippen molar-refractivity contribution in [2.75, 3.05) is 13.1 Å². The molecule has 1 rings (SSSR count). The molecule has 3 N–H and O–H groups in total. The Labute approximate surface area is 83.6 Å². The van der Waals surface area contributed by atoms with Crippen LogP contribution in [0.5, 0.6) is 0 Å². The largest absolute Gasteiger partial charge is 0.478 e. The second-order valence-corrected chi connectivity index (χ2v) is 4.01. The normalized spacial score (nSPS) is 20.3. The smallest absolute Gasteiger partial charge is 0.328 e. The summed E-state index contributed by atoms with van der Waals surface area (Å²) >= 11 is 0. The molecule has 0 heterocycles. The zero-order chi connectivity index (χ0) is 10.6. The van der Waals surface area contributed by atoms with E-state index in [0.29, 0.717) is 13.1 Å². The van der Waals surface area contributed by atoms with Crippen LogP contribution in [-0.2, 0) is 4.79 Å². The van der Waals surface area contributed by atoms with E-state index in [1.54, 1.807) is 6.92 Å². The highest BCUT2D eigenvalue weighted by atomic mass is 16.4. The zero-order valence-corrected chi connectivity index (χ0v) is 8.42. The summed E-state index contributed by atoms with van der Waals surface area (Å²) in [7, 11) is 0. The molecule has 0 spiro atoms. The highest BCUT2D eigenvalue weighted by molar-refractivity contribution is 5.80. The van der Waals surface area contributed by atoms with Crippen molar-refractivity contribution in [1.29, 1.82) is 0 Å². The maximum absolute atomic E-state index is 10.3. The maximum Gasteiger partial charge on any atom is 0.328 e. The van der Waals surface area contributed by atoms with Gasteiger partial charge in [-0.3, -0.25) is 0 Å². The van der Waals surface area contributed by atoms with Crippen LogP contribution in [0.4, 0.5) is 0 Å².